The molecule has 5 aromatic carbocycles. The Balaban J connectivity index is 0.000000277. The van der Waals surface area contributed by atoms with Crippen LogP contribution in [0.15, 0.2) is 186 Å². The van der Waals surface area contributed by atoms with E-state index < -0.39 is 0 Å². The molecule has 0 atom stereocenters. The lowest BCUT2D eigenvalue weighted by Crippen LogP contribution is -2.10. The molecule has 68 heavy (non-hydrogen) atoms. The fourth-order valence-electron chi connectivity index (χ4n) is 5.04. The van der Waals surface area contributed by atoms with Crippen molar-refractivity contribution in [3.05, 3.63) is 242 Å². The van der Waals surface area contributed by atoms with E-state index >= 15 is 0 Å². The number of aldehydes is 7. The van der Waals surface area contributed by atoms with Gasteiger partial charge in [0, 0.05) is 51.2 Å². The van der Waals surface area contributed by atoms with Gasteiger partial charge in [-0.25, -0.2) is 0 Å². The van der Waals surface area contributed by atoms with E-state index in [9.17, 15) is 33.6 Å². The van der Waals surface area contributed by atoms with Gasteiger partial charge in [0.05, 0.1) is 11.8 Å². The summed E-state index contributed by atoms with van der Waals surface area (Å²) in [5, 5.41) is 3.69. The molecule has 348 valence electrons. The van der Waals surface area contributed by atoms with Crippen LogP contribution >= 0.6 is 11.3 Å². The first-order chi connectivity index (χ1) is 32.8. The Labute approximate surface area is 402 Å². The third kappa shape index (κ3) is 23.1. The summed E-state index contributed by atoms with van der Waals surface area (Å²) in [6.45, 7) is 12.3. The van der Waals surface area contributed by atoms with Gasteiger partial charge in [-0.05, 0) is 115 Å². The number of para-hydroxylation sites is 1. The number of hydrogen-bond donors (Lipinski definition) is 0. The quantitative estimate of drug-likeness (QED) is 0.128. The fourth-order valence-corrected chi connectivity index (χ4v) is 5.64. The lowest BCUT2D eigenvalue weighted by molar-refractivity contribution is 0.111. The van der Waals surface area contributed by atoms with Crippen molar-refractivity contribution in [1.82, 2.24) is 4.98 Å². The monoisotopic (exact) mass is 929 g/mol. The molecule has 8 aromatic rings. The highest BCUT2D eigenvalue weighted by molar-refractivity contribution is 7.08. The molecule has 0 saturated carbocycles. The van der Waals surface area contributed by atoms with Crippen molar-refractivity contribution < 1.29 is 42.7 Å². The second-order valence-electron chi connectivity index (χ2n) is 15.3. The molecule has 0 amide bonds. The van der Waals surface area contributed by atoms with Crippen molar-refractivity contribution in [2.75, 3.05) is 0 Å². The predicted molar refractivity (Wildman–Crippen MR) is 270 cm³/mol. The molecular formula is C57H55NO9S. The molecule has 0 unspecified atom stereocenters. The zero-order valence-corrected chi connectivity index (χ0v) is 39.7. The first-order valence-electron chi connectivity index (χ1n) is 21.0. The van der Waals surface area contributed by atoms with E-state index in [-0.39, 0.29) is 5.41 Å². The van der Waals surface area contributed by atoms with E-state index in [1.165, 1.54) is 35.6 Å². The number of benzene rings is 5. The molecule has 0 aliphatic rings. The molecule has 3 heterocycles. The fraction of sp³-hybridized carbons (Fsp3) is 0.123. The molecule has 10 nitrogen and oxygen atoms in total. The second-order valence-corrected chi connectivity index (χ2v) is 16.1. The predicted octanol–water partition coefficient (Wildman–Crippen LogP) is 13.6. The molecule has 0 saturated heterocycles. The molecular weight excluding hydrogens is 875 g/mol. The first kappa shape index (κ1) is 55.9. The Morgan fingerprint density at radius 3 is 1.47 bits per heavy atom. The van der Waals surface area contributed by atoms with Gasteiger partial charge < -0.3 is 9.15 Å². The van der Waals surface area contributed by atoms with Gasteiger partial charge in [-0.3, -0.25) is 38.5 Å². The zero-order chi connectivity index (χ0) is 50.0. The van der Waals surface area contributed by atoms with E-state index in [0.717, 1.165) is 94.4 Å². The number of furan rings is 1. The van der Waals surface area contributed by atoms with Gasteiger partial charge in [0.1, 0.15) is 42.9 Å². The number of thiophene rings is 1. The van der Waals surface area contributed by atoms with Crippen LogP contribution in [0, 0.1) is 20.8 Å². The van der Waals surface area contributed by atoms with Crippen LogP contribution in [-0.4, -0.2) is 49.0 Å². The Hall–Kier alpha value is -8.28. The average molecular weight is 930 g/mol. The van der Waals surface area contributed by atoms with Gasteiger partial charge >= 0.3 is 0 Å². The van der Waals surface area contributed by atoms with Gasteiger partial charge in [-0.1, -0.05) is 105 Å². The summed E-state index contributed by atoms with van der Waals surface area (Å²) in [4.78, 5) is 74.8. The van der Waals surface area contributed by atoms with Crippen molar-refractivity contribution in [2.45, 2.75) is 47.0 Å². The van der Waals surface area contributed by atoms with Crippen molar-refractivity contribution in [2.24, 2.45) is 0 Å². The smallest absolute Gasteiger partial charge is 0.153 e. The maximum absolute atomic E-state index is 10.4. The molecule has 3 aromatic heterocycles. The van der Waals surface area contributed by atoms with Crippen molar-refractivity contribution in [3.63, 3.8) is 0 Å². The summed E-state index contributed by atoms with van der Waals surface area (Å²) in [7, 11) is 0. The van der Waals surface area contributed by atoms with Crippen molar-refractivity contribution in [3.8, 4) is 11.5 Å². The highest BCUT2D eigenvalue weighted by Gasteiger charge is 2.12. The lowest BCUT2D eigenvalue weighted by Gasteiger charge is -2.18. The summed E-state index contributed by atoms with van der Waals surface area (Å²) in [6, 6.07) is 44.4. The highest BCUT2D eigenvalue weighted by Crippen LogP contribution is 2.22. The number of rotatable bonds is 9. The largest absolute Gasteiger partial charge is 0.472 e. The number of hydrogen-bond acceptors (Lipinski definition) is 11. The number of aryl methyl sites for hydroxylation is 3. The normalized spacial score (nSPS) is 9.44. The van der Waals surface area contributed by atoms with Crippen LogP contribution in [0.2, 0.25) is 0 Å². The topological polar surface area (TPSA) is 155 Å². The molecule has 0 aliphatic carbocycles. The maximum atomic E-state index is 10.4. The summed E-state index contributed by atoms with van der Waals surface area (Å²) in [5.74, 6) is 1.52. The third-order valence-electron chi connectivity index (χ3n) is 8.96. The SMILES string of the molecule is CC(C)(C)c1ccc(C=O)cc1.Cc1ccc(C)c(C=O)c1.Cc1ccccc1C=O.O=Cc1ccc(Oc2ccccc2)cc1.O=Cc1cccnc1.O=Cc1ccoc1.O=Cc1ccsc1. The Bertz CT molecular complexity index is 2620. The highest BCUT2D eigenvalue weighted by atomic mass is 32.1. The number of ether oxygens (including phenoxy) is 1. The third-order valence-corrected chi connectivity index (χ3v) is 9.67. The van der Waals surface area contributed by atoms with Crippen LogP contribution in [0.3, 0.4) is 0 Å². The van der Waals surface area contributed by atoms with Crippen LogP contribution < -0.4 is 4.74 Å². The minimum Gasteiger partial charge on any atom is -0.472 e. The number of carbonyl (C=O) groups excluding carboxylic acids is 7. The van der Waals surface area contributed by atoms with Gasteiger partial charge in [0.15, 0.2) is 18.9 Å². The van der Waals surface area contributed by atoms with E-state index in [4.69, 9.17) is 4.74 Å². The van der Waals surface area contributed by atoms with E-state index in [1.807, 2.05) is 129 Å². The number of aromatic nitrogens is 1. The van der Waals surface area contributed by atoms with Gasteiger partial charge in [0.25, 0.3) is 0 Å². The van der Waals surface area contributed by atoms with E-state index in [0.29, 0.717) is 16.7 Å². The van der Waals surface area contributed by atoms with Gasteiger partial charge in [-0.15, -0.1) is 0 Å². The van der Waals surface area contributed by atoms with Crippen LogP contribution in [0.1, 0.15) is 116 Å². The summed E-state index contributed by atoms with van der Waals surface area (Å²) in [5.41, 5.74) is 9.56. The lowest BCUT2D eigenvalue weighted by atomic mass is 9.87. The van der Waals surface area contributed by atoms with E-state index in [2.05, 4.69) is 30.2 Å². The number of carbonyl (C=O) groups is 7. The molecule has 8 rings (SSSR count). The van der Waals surface area contributed by atoms with Crippen LogP contribution in [0.25, 0.3) is 0 Å². The van der Waals surface area contributed by atoms with Crippen LogP contribution in [0.4, 0.5) is 0 Å². The molecule has 0 spiro atoms. The van der Waals surface area contributed by atoms with E-state index in [1.54, 1.807) is 54.7 Å². The molecule has 0 bridgehead atoms. The van der Waals surface area contributed by atoms with Crippen LogP contribution in [0.5, 0.6) is 11.5 Å². The minimum atomic E-state index is 0.168. The van der Waals surface area contributed by atoms with Gasteiger partial charge in [-0.2, -0.15) is 11.3 Å². The first-order valence-corrected chi connectivity index (χ1v) is 21.9. The Morgan fingerprint density at radius 1 is 0.500 bits per heavy atom. The zero-order valence-electron chi connectivity index (χ0n) is 38.9. The molecule has 0 N–H and O–H groups in total. The van der Waals surface area contributed by atoms with Crippen molar-refractivity contribution in [1.29, 1.82) is 0 Å². The average Bonchev–Trinajstić information content (AvgIpc) is 4.13. The van der Waals surface area contributed by atoms with Crippen molar-refractivity contribution >= 4 is 55.3 Å². The molecule has 0 aliphatic heterocycles. The van der Waals surface area contributed by atoms with Crippen LogP contribution in [-0.2, 0) is 5.41 Å². The summed E-state index contributed by atoms with van der Waals surface area (Å²) >= 11 is 1.53. The van der Waals surface area contributed by atoms with Gasteiger partial charge in [0.2, 0.25) is 0 Å². The summed E-state index contributed by atoms with van der Waals surface area (Å²) < 4.78 is 10.1. The number of nitrogens with zero attached hydrogens (tertiary/aromatic N) is 1. The Kier molecular flexibility index (Phi) is 26.6. The molecule has 0 fully saturated rings. The second kappa shape index (κ2) is 32.4. The summed E-state index contributed by atoms with van der Waals surface area (Å²) in [6.07, 6.45) is 11.8. The standard InChI is InChI=1S/C13H10O2.C11H14O.C9H10O.C8H8O.C6H5NO.C5H4O2.C5H4OS/c14-10-11-6-8-13(9-7-11)15-12-4-2-1-3-5-12;1-11(2,3)10-6-4-9(8-12)5-7-10;1-7-3-4-8(2)9(5-7)6-10;1-7-4-2-3-5-8(7)6-9;8-5-6-2-1-3-7-4-6;2*6-3-5-1-2-7-4-5/h1-10H;4-8H,1-3H3;3-6H,1-2H3;2-6H,1H3;1-5H;2*1-4H. The maximum Gasteiger partial charge on any atom is 0.153 e. The molecule has 11 heteroatoms. The number of pyridine rings is 1. The Morgan fingerprint density at radius 2 is 1.06 bits per heavy atom. The minimum absolute atomic E-state index is 0.168. The molecule has 0 radical (unpaired) electrons.